The smallest absolute Gasteiger partial charge is 0.493 e. The summed E-state index contributed by atoms with van der Waals surface area (Å²) >= 11 is 0. The number of halogens is 3. The molecule has 154 valence electrons. The zero-order valence-corrected chi connectivity index (χ0v) is 14.9. The number of alkyl halides is 3. The van der Waals surface area contributed by atoms with Crippen LogP contribution in [0.5, 0.6) is 11.6 Å². The van der Waals surface area contributed by atoms with Crippen molar-refractivity contribution in [2.75, 3.05) is 0 Å². The van der Waals surface area contributed by atoms with Crippen LogP contribution in [0.2, 0.25) is 0 Å². The molecule has 13 heteroatoms. The second-order valence-electron chi connectivity index (χ2n) is 6.04. The maximum absolute atomic E-state index is 12.8. The van der Waals surface area contributed by atoms with Crippen molar-refractivity contribution >= 4 is 0 Å². The maximum atomic E-state index is 12.8. The Balaban J connectivity index is 1.65. The number of rotatable bonds is 5. The number of aromatic hydroxyl groups is 1. The number of aromatic nitrogens is 7. The Kier molecular flexibility index (Phi) is 4.69. The molecule has 10 nitrogen and oxygen atoms in total. The van der Waals surface area contributed by atoms with Crippen LogP contribution < -0.4 is 10.4 Å². The van der Waals surface area contributed by atoms with Crippen LogP contribution in [0.3, 0.4) is 0 Å². The minimum absolute atomic E-state index is 0.0566. The number of ether oxygens (including phenoxy) is 1. The molecular formula is C17H12F3N7O3. The van der Waals surface area contributed by atoms with E-state index in [1.165, 1.54) is 35.3 Å². The average molecular weight is 419 g/mol. The molecule has 0 saturated carbocycles. The number of H-pyrrole nitrogens is 1. The van der Waals surface area contributed by atoms with Gasteiger partial charge in [-0.25, -0.2) is 9.36 Å². The Morgan fingerprint density at radius 1 is 1.17 bits per heavy atom. The molecule has 0 aliphatic carbocycles. The number of nitrogens with one attached hydrogen (secondary N) is 1. The van der Waals surface area contributed by atoms with E-state index >= 15 is 0 Å². The first-order valence-corrected chi connectivity index (χ1v) is 8.36. The summed E-state index contributed by atoms with van der Waals surface area (Å²) < 4.78 is 42.9. The van der Waals surface area contributed by atoms with Gasteiger partial charge < -0.3 is 9.84 Å². The van der Waals surface area contributed by atoms with Gasteiger partial charge in [0.15, 0.2) is 0 Å². The van der Waals surface area contributed by atoms with Gasteiger partial charge in [0.2, 0.25) is 11.7 Å². The zero-order valence-electron chi connectivity index (χ0n) is 14.9. The topological polar surface area (TPSA) is 124 Å². The first-order chi connectivity index (χ1) is 14.3. The van der Waals surface area contributed by atoms with Gasteiger partial charge >= 0.3 is 12.1 Å². The van der Waals surface area contributed by atoms with Crippen molar-refractivity contribution in [3.8, 4) is 28.7 Å². The van der Waals surface area contributed by atoms with Crippen molar-refractivity contribution in [1.82, 2.24) is 34.7 Å². The molecule has 4 rings (SSSR count). The molecule has 1 aromatic carbocycles. The van der Waals surface area contributed by atoms with E-state index in [1.54, 1.807) is 6.07 Å². The van der Waals surface area contributed by atoms with Crippen LogP contribution in [0.4, 0.5) is 13.2 Å². The fraction of sp³-hybridized carbons (Fsp3) is 0.118. The highest BCUT2D eigenvalue weighted by molar-refractivity contribution is 5.57. The van der Waals surface area contributed by atoms with E-state index in [2.05, 4.69) is 30.3 Å². The number of aromatic amines is 1. The van der Waals surface area contributed by atoms with Gasteiger partial charge in [-0.3, -0.25) is 9.55 Å². The number of hydrogen-bond donors (Lipinski definition) is 2. The monoisotopic (exact) mass is 419 g/mol. The fourth-order valence-electron chi connectivity index (χ4n) is 2.85. The maximum Gasteiger partial charge on any atom is 0.573 e. The molecule has 0 saturated heterocycles. The Bertz CT molecular complexity index is 1210. The molecule has 2 N–H and O–H groups in total. The Labute approximate surface area is 165 Å². The molecule has 0 aliphatic rings. The van der Waals surface area contributed by atoms with Gasteiger partial charge in [0, 0.05) is 18.0 Å². The van der Waals surface area contributed by atoms with Crippen molar-refractivity contribution in [3.63, 3.8) is 0 Å². The molecule has 0 fully saturated rings. The predicted octanol–water partition coefficient (Wildman–Crippen LogP) is 1.87. The third kappa shape index (κ3) is 3.85. The lowest BCUT2D eigenvalue weighted by molar-refractivity contribution is -0.274. The number of tetrazole rings is 1. The van der Waals surface area contributed by atoms with E-state index in [1.807, 2.05) is 0 Å². The van der Waals surface area contributed by atoms with Crippen LogP contribution in [-0.2, 0) is 6.54 Å². The molecule has 0 aliphatic heterocycles. The average Bonchev–Trinajstić information content (AvgIpc) is 3.31. The van der Waals surface area contributed by atoms with E-state index < -0.39 is 17.8 Å². The third-order valence-corrected chi connectivity index (χ3v) is 4.10. The summed E-state index contributed by atoms with van der Waals surface area (Å²) in [5.74, 6) is -0.547. The summed E-state index contributed by atoms with van der Waals surface area (Å²) in [6.07, 6.45) is -0.574. The minimum Gasteiger partial charge on any atom is -0.493 e. The number of benzene rings is 1. The molecule has 4 aromatic rings. The van der Waals surface area contributed by atoms with Crippen molar-refractivity contribution in [3.05, 3.63) is 65.0 Å². The molecule has 0 spiro atoms. The van der Waals surface area contributed by atoms with E-state index in [0.29, 0.717) is 11.1 Å². The van der Waals surface area contributed by atoms with E-state index in [0.717, 1.165) is 16.7 Å². The highest BCUT2D eigenvalue weighted by atomic mass is 19.4. The molecule has 30 heavy (non-hydrogen) atoms. The Morgan fingerprint density at radius 3 is 2.60 bits per heavy atom. The van der Waals surface area contributed by atoms with Crippen LogP contribution in [0, 0.1) is 0 Å². The molecule has 0 amide bonds. The summed E-state index contributed by atoms with van der Waals surface area (Å²) in [6.45, 7) is 0.0566. The van der Waals surface area contributed by atoms with Crippen LogP contribution in [0.25, 0.3) is 17.1 Å². The summed E-state index contributed by atoms with van der Waals surface area (Å²) in [6, 6.07) is 6.20. The van der Waals surface area contributed by atoms with E-state index in [-0.39, 0.29) is 23.9 Å². The van der Waals surface area contributed by atoms with Gasteiger partial charge in [0.1, 0.15) is 5.75 Å². The van der Waals surface area contributed by atoms with E-state index in [4.69, 9.17) is 0 Å². The Hall–Kier alpha value is -4.16. The van der Waals surface area contributed by atoms with Crippen LogP contribution in [0.1, 0.15) is 5.56 Å². The predicted molar refractivity (Wildman–Crippen MR) is 94.9 cm³/mol. The highest BCUT2D eigenvalue weighted by Crippen LogP contribution is 2.25. The molecule has 3 aromatic heterocycles. The van der Waals surface area contributed by atoms with Crippen LogP contribution in [-0.4, -0.2) is 46.2 Å². The summed E-state index contributed by atoms with van der Waals surface area (Å²) in [7, 11) is 0. The first-order valence-electron chi connectivity index (χ1n) is 8.36. The summed E-state index contributed by atoms with van der Waals surface area (Å²) in [5.41, 5.74) is 0.741. The van der Waals surface area contributed by atoms with Gasteiger partial charge in [0.25, 0.3) is 0 Å². The second kappa shape index (κ2) is 7.35. The van der Waals surface area contributed by atoms with Crippen molar-refractivity contribution in [1.29, 1.82) is 0 Å². The first kappa shape index (κ1) is 19.2. The molecule has 0 bridgehead atoms. The number of nitrogens with zero attached hydrogens (tertiary/aromatic N) is 6. The molecule has 0 atom stereocenters. The van der Waals surface area contributed by atoms with Gasteiger partial charge in [-0.2, -0.15) is 5.21 Å². The molecule has 0 unspecified atom stereocenters. The molecular weight excluding hydrogens is 407 g/mol. The van der Waals surface area contributed by atoms with Gasteiger partial charge in [-0.15, -0.1) is 23.4 Å². The van der Waals surface area contributed by atoms with Crippen LogP contribution in [0.15, 0.2) is 53.7 Å². The summed E-state index contributed by atoms with van der Waals surface area (Å²) in [5, 5.41) is 23.8. The standard InChI is InChI=1S/C17H12F3N7O3/c18-17(19,20)30-12-3-1-11(2-4-12)27-14(28)9-26(16(27)29)8-10-5-6-21-7-13(10)15-22-24-25-23-15/h1-7,9,28H,8H2,(H,22,23,24,25). The normalized spacial score (nSPS) is 11.6. The fourth-order valence-corrected chi connectivity index (χ4v) is 2.85. The second-order valence-corrected chi connectivity index (χ2v) is 6.04. The number of hydrogen-bond acceptors (Lipinski definition) is 7. The molecule has 0 radical (unpaired) electrons. The lowest BCUT2D eigenvalue weighted by atomic mass is 10.1. The van der Waals surface area contributed by atoms with Gasteiger partial charge in [-0.05, 0) is 41.1 Å². The van der Waals surface area contributed by atoms with Crippen molar-refractivity contribution in [2.45, 2.75) is 12.9 Å². The third-order valence-electron chi connectivity index (χ3n) is 4.10. The lowest BCUT2D eigenvalue weighted by Gasteiger charge is -2.09. The highest BCUT2D eigenvalue weighted by Gasteiger charge is 2.31. The molecule has 3 heterocycles. The largest absolute Gasteiger partial charge is 0.573 e. The van der Waals surface area contributed by atoms with Crippen molar-refractivity contribution < 1.29 is 23.0 Å². The zero-order chi connectivity index (χ0) is 21.3. The minimum atomic E-state index is -4.83. The van der Waals surface area contributed by atoms with Crippen LogP contribution >= 0.6 is 0 Å². The van der Waals surface area contributed by atoms with Gasteiger partial charge in [-0.1, -0.05) is 0 Å². The number of pyridine rings is 1. The van der Waals surface area contributed by atoms with Gasteiger partial charge in [0.05, 0.1) is 18.4 Å². The SMILES string of the molecule is O=c1n(Cc2ccncc2-c2nn[nH]n2)cc(O)n1-c1ccc(OC(F)(F)F)cc1. The van der Waals surface area contributed by atoms with Crippen molar-refractivity contribution in [2.24, 2.45) is 0 Å². The summed E-state index contributed by atoms with van der Waals surface area (Å²) in [4.78, 5) is 16.8. The number of imidazole rings is 1. The lowest BCUT2D eigenvalue weighted by Crippen LogP contribution is -2.23. The Morgan fingerprint density at radius 2 is 1.93 bits per heavy atom. The van der Waals surface area contributed by atoms with E-state index in [9.17, 15) is 23.1 Å². The quantitative estimate of drug-likeness (QED) is 0.506.